The van der Waals surface area contributed by atoms with Crippen LogP contribution in [0.3, 0.4) is 0 Å². The van der Waals surface area contributed by atoms with Crippen LogP contribution >= 0.6 is 0 Å². The monoisotopic (exact) mass is 294 g/mol. The molecule has 1 aromatic carbocycles. The van der Waals surface area contributed by atoms with E-state index in [9.17, 15) is 22.0 Å². The molecule has 1 aliphatic carbocycles. The van der Waals surface area contributed by atoms with Crippen LogP contribution in [-0.4, -0.2) is 18.4 Å². The second-order valence-corrected chi connectivity index (χ2v) is 4.16. The van der Waals surface area contributed by atoms with Crippen molar-refractivity contribution in [1.29, 1.82) is 0 Å². The summed E-state index contributed by atoms with van der Waals surface area (Å²) in [5.74, 6) is -12.7. The molecule has 0 aromatic heterocycles. The van der Waals surface area contributed by atoms with Gasteiger partial charge in [-0.05, 0) is 24.6 Å². The van der Waals surface area contributed by atoms with E-state index < -0.39 is 30.0 Å². The van der Waals surface area contributed by atoms with Gasteiger partial charge in [0.2, 0.25) is 11.7 Å². The molecule has 1 atom stereocenters. The normalized spacial score (nSPS) is 24.5. The molecular weight excluding hydrogens is 283 g/mol. The highest BCUT2D eigenvalue weighted by atomic mass is 19.3. The standard InChI is InChI=1S/C13H11F5O2/c1-2-19-9-5-3-8(4-6-9)7-20-13(18)11(15)10(14)12(13,16)17/h3-6H,2,7H2,1H3. The van der Waals surface area contributed by atoms with Crippen molar-refractivity contribution in [3.05, 3.63) is 41.5 Å². The van der Waals surface area contributed by atoms with Crippen LogP contribution in [0.1, 0.15) is 12.5 Å². The summed E-state index contributed by atoms with van der Waals surface area (Å²) in [5, 5.41) is 0. The molecule has 0 N–H and O–H groups in total. The maximum Gasteiger partial charge on any atom is 0.365 e. The Balaban J connectivity index is 2.03. The van der Waals surface area contributed by atoms with Crippen LogP contribution in [0.25, 0.3) is 0 Å². The van der Waals surface area contributed by atoms with Crippen molar-refractivity contribution in [3.63, 3.8) is 0 Å². The molecule has 20 heavy (non-hydrogen) atoms. The van der Waals surface area contributed by atoms with Gasteiger partial charge in [0.25, 0.3) is 0 Å². The Hall–Kier alpha value is -1.63. The number of rotatable bonds is 5. The third kappa shape index (κ3) is 2.15. The smallest absolute Gasteiger partial charge is 0.365 e. The van der Waals surface area contributed by atoms with Gasteiger partial charge in [-0.25, -0.2) is 8.78 Å². The zero-order chi connectivity index (χ0) is 15.0. The third-order valence-electron chi connectivity index (χ3n) is 2.83. The number of ether oxygens (including phenoxy) is 2. The Bertz CT molecular complexity index is 526. The average molecular weight is 294 g/mol. The molecule has 0 heterocycles. The topological polar surface area (TPSA) is 18.5 Å². The van der Waals surface area contributed by atoms with E-state index in [2.05, 4.69) is 4.74 Å². The maximum absolute atomic E-state index is 13.5. The molecule has 110 valence electrons. The predicted molar refractivity (Wildman–Crippen MR) is 60.4 cm³/mol. The number of benzene rings is 1. The van der Waals surface area contributed by atoms with E-state index in [4.69, 9.17) is 4.74 Å². The lowest BCUT2D eigenvalue weighted by Crippen LogP contribution is -2.56. The van der Waals surface area contributed by atoms with Crippen LogP contribution in [0.15, 0.2) is 35.9 Å². The van der Waals surface area contributed by atoms with Crippen molar-refractivity contribution < 1.29 is 31.4 Å². The summed E-state index contributed by atoms with van der Waals surface area (Å²) >= 11 is 0. The van der Waals surface area contributed by atoms with Gasteiger partial charge in [-0.1, -0.05) is 12.1 Å². The summed E-state index contributed by atoms with van der Waals surface area (Å²) in [5.41, 5.74) is 0.321. The fourth-order valence-corrected chi connectivity index (χ4v) is 1.68. The van der Waals surface area contributed by atoms with Gasteiger partial charge >= 0.3 is 11.8 Å². The number of alkyl halides is 3. The minimum Gasteiger partial charge on any atom is -0.494 e. The lowest BCUT2D eigenvalue weighted by Gasteiger charge is -2.38. The summed E-state index contributed by atoms with van der Waals surface area (Å²) in [6.45, 7) is 1.61. The highest BCUT2D eigenvalue weighted by Gasteiger charge is 2.74. The first-order valence-electron chi connectivity index (χ1n) is 5.81. The third-order valence-corrected chi connectivity index (χ3v) is 2.83. The highest BCUT2D eigenvalue weighted by molar-refractivity contribution is 5.35. The number of hydrogen-bond acceptors (Lipinski definition) is 2. The Labute approximate surface area is 111 Å². The largest absolute Gasteiger partial charge is 0.494 e. The summed E-state index contributed by atoms with van der Waals surface area (Å²) in [6, 6.07) is 5.95. The van der Waals surface area contributed by atoms with Gasteiger partial charge < -0.3 is 9.47 Å². The highest BCUT2D eigenvalue weighted by Crippen LogP contribution is 2.56. The van der Waals surface area contributed by atoms with Crippen LogP contribution < -0.4 is 4.74 Å². The zero-order valence-corrected chi connectivity index (χ0v) is 10.4. The maximum atomic E-state index is 13.5. The Morgan fingerprint density at radius 1 is 1.00 bits per heavy atom. The molecular formula is C13H11F5O2. The molecule has 1 unspecified atom stereocenters. The summed E-state index contributed by atoms with van der Waals surface area (Å²) in [7, 11) is 0. The second kappa shape index (κ2) is 5.05. The molecule has 7 heteroatoms. The second-order valence-electron chi connectivity index (χ2n) is 4.16. The van der Waals surface area contributed by atoms with E-state index in [0.717, 1.165) is 0 Å². The summed E-state index contributed by atoms with van der Waals surface area (Å²) in [4.78, 5) is 0. The van der Waals surface area contributed by atoms with Crippen LogP contribution in [0.2, 0.25) is 0 Å². The Morgan fingerprint density at radius 2 is 1.60 bits per heavy atom. The van der Waals surface area contributed by atoms with E-state index in [-0.39, 0.29) is 0 Å². The quantitative estimate of drug-likeness (QED) is 0.762. The number of hydrogen-bond donors (Lipinski definition) is 0. The van der Waals surface area contributed by atoms with Gasteiger partial charge in [-0.3, -0.25) is 0 Å². The van der Waals surface area contributed by atoms with Gasteiger partial charge in [-0.15, -0.1) is 0 Å². The fourth-order valence-electron chi connectivity index (χ4n) is 1.68. The molecule has 0 amide bonds. The van der Waals surface area contributed by atoms with Crippen molar-refractivity contribution in [2.75, 3.05) is 6.61 Å². The van der Waals surface area contributed by atoms with Crippen molar-refractivity contribution in [2.24, 2.45) is 0 Å². The fraction of sp³-hybridized carbons (Fsp3) is 0.385. The SMILES string of the molecule is CCOc1ccc(COC2(F)C(F)=C(F)C2(F)F)cc1. The minimum absolute atomic E-state index is 0.321. The molecule has 0 bridgehead atoms. The average Bonchev–Trinajstić information content (AvgIpc) is 2.44. The molecule has 0 radical (unpaired) electrons. The van der Waals surface area contributed by atoms with Crippen LogP contribution in [-0.2, 0) is 11.3 Å². The first-order chi connectivity index (χ1) is 9.33. The van der Waals surface area contributed by atoms with Crippen molar-refractivity contribution in [2.45, 2.75) is 25.3 Å². The molecule has 1 aliphatic rings. The van der Waals surface area contributed by atoms with E-state index in [1.807, 2.05) is 0 Å². The molecule has 2 nitrogen and oxygen atoms in total. The molecule has 1 aromatic rings. The van der Waals surface area contributed by atoms with E-state index >= 15 is 0 Å². The first kappa shape index (κ1) is 14.8. The molecule has 0 saturated carbocycles. The van der Waals surface area contributed by atoms with E-state index in [1.165, 1.54) is 24.3 Å². The lowest BCUT2D eigenvalue weighted by molar-refractivity contribution is -0.288. The Kier molecular flexibility index (Phi) is 3.73. The van der Waals surface area contributed by atoms with Crippen LogP contribution in [0.4, 0.5) is 22.0 Å². The molecule has 0 saturated heterocycles. The van der Waals surface area contributed by atoms with Gasteiger partial charge in [0.1, 0.15) is 5.75 Å². The summed E-state index contributed by atoms with van der Waals surface area (Å²) in [6.07, 6.45) is 0. The predicted octanol–water partition coefficient (Wildman–Crippen LogP) is 4.07. The van der Waals surface area contributed by atoms with Crippen molar-refractivity contribution >= 4 is 0 Å². The number of halogens is 5. The van der Waals surface area contributed by atoms with Crippen LogP contribution in [0.5, 0.6) is 5.75 Å². The molecule has 0 aliphatic heterocycles. The first-order valence-corrected chi connectivity index (χ1v) is 5.81. The minimum atomic E-state index is -4.59. The van der Waals surface area contributed by atoms with Gasteiger partial charge in [-0.2, -0.15) is 13.2 Å². The Morgan fingerprint density at radius 3 is 2.10 bits per heavy atom. The van der Waals surface area contributed by atoms with Gasteiger partial charge in [0.05, 0.1) is 13.2 Å². The molecule has 0 fully saturated rings. The van der Waals surface area contributed by atoms with Crippen molar-refractivity contribution in [3.8, 4) is 5.75 Å². The van der Waals surface area contributed by atoms with E-state index in [0.29, 0.717) is 17.9 Å². The van der Waals surface area contributed by atoms with Crippen LogP contribution in [0, 0.1) is 0 Å². The summed E-state index contributed by atoms with van der Waals surface area (Å²) < 4.78 is 74.0. The zero-order valence-electron chi connectivity index (χ0n) is 10.4. The van der Waals surface area contributed by atoms with Gasteiger partial charge in [0.15, 0.2) is 0 Å². The lowest BCUT2D eigenvalue weighted by atomic mass is 9.95. The van der Waals surface area contributed by atoms with Crippen molar-refractivity contribution in [1.82, 2.24) is 0 Å². The molecule has 2 rings (SSSR count). The van der Waals surface area contributed by atoms with E-state index in [1.54, 1.807) is 6.92 Å². The molecule has 0 spiro atoms. The van der Waals surface area contributed by atoms with Gasteiger partial charge in [0, 0.05) is 0 Å².